The number of aromatic nitrogens is 2. The quantitative estimate of drug-likeness (QED) is 0.585. The van der Waals surface area contributed by atoms with Crippen LogP contribution in [0.2, 0.25) is 0 Å². The Bertz CT molecular complexity index is 1360. The summed E-state index contributed by atoms with van der Waals surface area (Å²) in [6.07, 6.45) is 0.687. The largest absolute Gasteiger partial charge is 0.494 e. The minimum atomic E-state index is -0.744. The number of rotatable bonds is 5. The lowest BCUT2D eigenvalue weighted by atomic mass is 9.87. The maximum Gasteiger partial charge on any atom is 0.335 e. The molecule has 0 radical (unpaired) electrons. The van der Waals surface area contributed by atoms with Gasteiger partial charge in [-0.05, 0) is 56.3 Å². The molecule has 2 aliphatic rings. The van der Waals surface area contributed by atoms with Crippen molar-refractivity contribution in [2.45, 2.75) is 19.4 Å². The topological polar surface area (TPSA) is 115 Å². The number of aromatic amines is 1. The Labute approximate surface area is 194 Å². The monoisotopic (exact) mass is 467 g/mol. The summed E-state index contributed by atoms with van der Waals surface area (Å²) in [5, 5.41) is 11.3. The summed E-state index contributed by atoms with van der Waals surface area (Å²) in [5.41, 5.74) is 0.620. The van der Waals surface area contributed by atoms with Gasteiger partial charge in [0.1, 0.15) is 5.75 Å². The molecule has 0 saturated heterocycles. The van der Waals surface area contributed by atoms with Crippen molar-refractivity contribution < 1.29 is 24.1 Å². The summed E-state index contributed by atoms with van der Waals surface area (Å²) in [4.78, 5) is 30.1. The van der Waals surface area contributed by atoms with E-state index in [0.29, 0.717) is 53.8 Å². The van der Waals surface area contributed by atoms with E-state index in [1.165, 1.54) is 7.11 Å². The number of hydrogen-bond acceptors (Lipinski definition) is 8. The lowest BCUT2D eigenvalue weighted by molar-refractivity contribution is 0.170. The van der Waals surface area contributed by atoms with Crippen molar-refractivity contribution in [3.8, 4) is 34.6 Å². The van der Waals surface area contributed by atoms with Gasteiger partial charge in [0.05, 0.1) is 31.0 Å². The molecule has 2 N–H and O–H groups in total. The second-order valence-electron chi connectivity index (χ2n) is 8.11. The first kappa shape index (κ1) is 21.9. The minimum absolute atomic E-state index is 0.0362. The van der Waals surface area contributed by atoms with E-state index in [0.717, 1.165) is 10.1 Å². The summed E-state index contributed by atoms with van der Waals surface area (Å²) >= 11 is 0. The third-order valence-electron chi connectivity index (χ3n) is 6.20. The fourth-order valence-electron chi connectivity index (χ4n) is 4.68. The average Bonchev–Trinajstić information content (AvgIpc) is 3.28. The van der Waals surface area contributed by atoms with Crippen molar-refractivity contribution in [2.24, 2.45) is 0 Å². The molecule has 2 aromatic carbocycles. The summed E-state index contributed by atoms with van der Waals surface area (Å²) in [6.45, 7) is 3.06. The van der Waals surface area contributed by atoms with Gasteiger partial charge in [0.2, 0.25) is 18.4 Å². The first-order valence-corrected chi connectivity index (χ1v) is 11.0. The van der Waals surface area contributed by atoms with Crippen LogP contribution < -0.4 is 30.2 Å². The van der Waals surface area contributed by atoms with Crippen molar-refractivity contribution in [1.82, 2.24) is 14.5 Å². The highest BCUT2D eigenvalue weighted by molar-refractivity contribution is 5.63. The highest BCUT2D eigenvalue weighted by Gasteiger charge is 2.38. The molecular formula is C24H25N3O7. The zero-order valence-electron chi connectivity index (χ0n) is 19.1. The fourth-order valence-corrected chi connectivity index (χ4v) is 4.68. The lowest BCUT2D eigenvalue weighted by Gasteiger charge is -2.35. The zero-order chi connectivity index (χ0) is 24.0. The van der Waals surface area contributed by atoms with Crippen LogP contribution in [-0.4, -0.2) is 53.7 Å². The van der Waals surface area contributed by atoms with Gasteiger partial charge in [-0.2, -0.15) is 0 Å². The van der Waals surface area contributed by atoms with E-state index in [1.54, 1.807) is 24.3 Å². The van der Waals surface area contributed by atoms with Crippen molar-refractivity contribution in [2.75, 3.05) is 34.1 Å². The Kier molecular flexibility index (Phi) is 5.45. The van der Waals surface area contributed by atoms with Crippen LogP contribution in [0.4, 0.5) is 0 Å². The molecule has 0 aliphatic carbocycles. The number of H-pyrrole nitrogens is 1. The number of benzene rings is 2. The van der Waals surface area contributed by atoms with Gasteiger partial charge in [0.15, 0.2) is 11.5 Å². The molecule has 0 spiro atoms. The van der Waals surface area contributed by atoms with Gasteiger partial charge in [-0.1, -0.05) is 0 Å². The van der Waals surface area contributed by atoms with Gasteiger partial charge in [-0.3, -0.25) is 14.7 Å². The Balaban J connectivity index is 1.72. The Hall–Kier alpha value is -3.92. The van der Waals surface area contributed by atoms with Gasteiger partial charge in [0, 0.05) is 12.1 Å². The second kappa shape index (κ2) is 8.45. The first-order chi connectivity index (χ1) is 16.4. The van der Waals surface area contributed by atoms with E-state index in [-0.39, 0.29) is 12.4 Å². The van der Waals surface area contributed by atoms with E-state index in [2.05, 4.69) is 4.98 Å². The van der Waals surface area contributed by atoms with Crippen molar-refractivity contribution in [1.29, 1.82) is 0 Å². The summed E-state index contributed by atoms with van der Waals surface area (Å²) < 4.78 is 23.4. The van der Waals surface area contributed by atoms with Crippen molar-refractivity contribution >= 4 is 0 Å². The van der Waals surface area contributed by atoms with Crippen LogP contribution in [0.15, 0.2) is 39.9 Å². The Morgan fingerprint density at radius 1 is 1.18 bits per heavy atom. The van der Waals surface area contributed by atoms with Gasteiger partial charge < -0.3 is 24.1 Å². The first-order valence-electron chi connectivity index (χ1n) is 11.0. The molecule has 0 saturated carbocycles. The van der Waals surface area contributed by atoms with Gasteiger partial charge in [0.25, 0.3) is 5.56 Å². The number of methoxy groups -OCH3 is 1. The van der Waals surface area contributed by atoms with Gasteiger partial charge >= 0.3 is 5.69 Å². The van der Waals surface area contributed by atoms with E-state index in [4.69, 9.17) is 18.9 Å². The third kappa shape index (κ3) is 3.38. The molecule has 10 nitrogen and oxygen atoms in total. The van der Waals surface area contributed by atoms with E-state index >= 15 is 0 Å². The number of nitrogens with one attached hydrogen (secondary N) is 1. The molecule has 0 unspecified atom stereocenters. The third-order valence-corrected chi connectivity index (χ3v) is 6.20. The summed E-state index contributed by atoms with van der Waals surface area (Å²) in [7, 11) is 3.37. The molecule has 0 amide bonds. The van der Waals surface area contributed by atoms with Crippen molar-refractivity contribution in [3.05, 3.63) is 67.9 Å². The van der Waals surface area contributed by atoms with Crippen LogP contribution in [0.1, 0.15) is 29.7 Å². The van der Waals surface area contributed by atoms with Crippen LogP contribution in [0, 0.1) is 0 Å². The predicted octanol–water partition coefficient (Wildman–Crippen LogP) is 1.94. The highest BCUT2D eigenvalue weighted by Crippen LogP contribution is 2.51. The number of ether oxygens (including phenoxy) is 4. The smallest absolute Gasteiger partial charge is 0.335 e. The van der Waals surface area contributed by atoms with E-state index < -0.39 is 23.2 Å². The molecule has 1 aromatic heterocycles. The molecule has 3 aromatic rings. The van der Waals surface area contributed by atoms with Crippen LogP contribution >= 0.6 is 0 Å². The molecule has 5 rings (SSSR count). The van der Waals surface area contributed by atoms with Crippen LogP contribution in [-0.2, 0) is 6.42 Å². The number of fused-ring (bicyclic) bond motifs is 2. The maximum atomic E-state index is 13.1. The molecule has 178 valence electrons. The number of likely N-dealkylation sites (N-methyl/N-ethyl adjacent to an activating group) is 1. The Morgan fingerprint density at radius 2 is 1.94 bits per heavy atom. The highest BCUT2D eigenvalue weighted by atomic mass is 16.7. The number of hydrogen-bond donors (Lipinski definition) is 2. The molecular weight excluding hydrogens is 442 g/mol. The normalized spacial score (nSPS) is 16.9. The number of aromatic hydroxyl groups is 1. The standard InChI is InChI=1S/C24H25N3O7/c1-4-32-15-7-5-14(6-8-15)27-23(29)18(22(28)25-24(27)30)19-17-13(9-10-26(19)2)11-16-20(21(17)31-3)34-12-33-16/h5-8,11,19,29H,4,9-10,12H2,1-3H3,(H,25,28,30)/t19-/m0/s1. The molecule has 2 aliphatic heterocycles. The molecule has 0 fully saturated rings. The second-order valence-corrected chi connectivity index (χ2v) is 8.11. The molecule has 34 heavy (non-hydrogen) atoms. The van der Waals surface area contributed by atoms with E-state index in [1.807, 2.05) is 24.9 Å². The molecule has 3 heterocycles. The molecule has 10 heteroatoms. The van der Waals surface area contributed by atoms with E-state index in [9.17, 15) is 14.7 Å². The summed E-state index contributed by atoms with van der Waals surface area (Å²) in [5.74, 6) is 1.67. The predicted molar refractivity (Wildman–Crippen MR) is 123 cm³/mol. The average molecular weight is 467 g/mol. The van der Waals surface area contributed by atoms with Gasteiger partial charge in [-0.25, -0.2) is 9.36 Å². The summed E-state index contributed by atoms with van der Waals surface area (Å²) in [6, 6.07) is 7.87. The minimum Gasteiger partial charge on any atom is -0.494 e. The molecule has 1 atom stereocenters. The fraction of sp³-hybridized carbons (Fsp3) is 0.333. The van der Waals surface area contributed by atoms with Crippen LogP contribution in [0.25, 0.3) is 5.69 Å². The molecule has 0 bridgehead atoms. The Morgan fingerprint density at radius 3 is 2.65 bits per heavy atom. The SMILES string of the molecule is CCOc1ccc(-n2c(O)c([C@@H]3c4c(cc5c(c4OC)OCO5)CCN3C)c(=O)[nH]c2=O)cc1. The van der Waals surface area contributed by atoms with Crippen LogP contribution in [0.5, 0.6) is 28.9 Å². The van der Waals surface area contributed by atoms with Gasteiger partial charge in [-0.15, -0.1) is 0 Å². The maximum absolute atomic E-state index is 13.1. The number of nitrogens with zero attached hydrogens (tertiary/aromatic N) is 2. The lowest BCUT2D eigenvalue weighted by Crippen LogP contribution is -2.39. The zero-order valence-corrected chi connectivity index (χ0v) is 19.1. The van der Waals surface area contributed by atoms with Crippen molar-refractivity contribution in [3.63, 3.8) is 0 Å². The van der Waals surface area contributed by atoms with Crippen LogP contribution in [0.3, 0.4) is 0 Å².